The highest BCUT2D eigenvalue weighted by molar-refractivity contribution is 7.91. The van der Waals surface area contributed by atoms with E-state index < -0.39 is 21.7 Å². The Morgan fingerprint density at radius 2 is 1.77 bits per heavy atom. The number of aromatic nitrogens is 1. The molecule has 0 spiro atoms. The lowest BCUT2D eigenvalue weighted by Gasteiger charge is -2.11. The number of nitrogens with one attached hydrogen (secondary N) is 2. The number of hydrogen-bond donors (Lipinski definition) is 3. The lowest BCUT2D eigenvalue weighted by Crippen LogP contribution is -2.26. The van der Waals surface area contributed by atoms with E-state index >= 15 is 0 Å². The van der Waals surface area contributed by atoms with Crippen LogP contribution in [0.2, 0.25) is 0 Å². The van der Waals surface area contributed by atoms with E-state index in [4.69, 9.17) is 11.1 Å². The van der Waals surface area contributed by atoms with Crippen LogP contribution in [0.4, 0.5) is 0 Å². The van der Waals surface area contributed by atoms with Gasteiger partial charge in [0, 0.05) is 35.6 Å². The van der Waals surface area contributed by atoms with Crippen LogP contribution in [0.5, 0.6) is 0 Å². The second-order valence-electron chi connectivity index (χ2n) is 6.27. The molecule has 2 aromatic carbocycles. The molecule has 3 aromatic rings. The average Bonchev–Trinajstić information content (AvgIpc) is 2.77. The summed E-state index contributed by atoms with van der Waals surface area (Å²) in [6.07, 6.45) is 2.34. The predicted molar refractivity (Wildman–Crippen MR) is 110 cm³/mol. The van der Waals surface area contributed by atoms with E-state index in [0.29, 0.717) is 5.56 Å². The van der Waals surface area contributed by atoms with Crippen molar-refractivity contribution in [3.63, 3.8) is 0 Å². The molecule has 4 N–H and O–H groups in total. The largest absolute Gasteiger partial charge is 0.364 e. The van der Waals surface area contributed by atoms with E-state index in [9.17, 15) is 18.0 Å². The van der Waals surface area contributed by atoms with Gasteiger partial charge in [-0.15, -0.1) is 0 Å². The zero-order valence-electron chi connectivity index (χ0n) is 15.7. The molecule has 9 heteroatoms. The summed E-state index contributed by atoms with van der Waals surface area (Å²) >= 11 is 0. The summed E-state index contributed by atoms with van der Waals surface area (Å²) in [4.78, 5) is 28.1. The van der Waals surface area contributed by atoms with Crippen LogP contribution in [-0.2, 0) is 16.4 Å². The van der Waals surface area contributed by atoms with Crippen molar-refractivity contribution in [2.45, 2.75) is 16.3 Å². The second kappa shape index (κ2) is 8.66. The highest BCUT2D eigenvalue weighted by atomic mass is 32.2. The smallest absolute Gasteiger partial charge is 0.267 e. The molecule has 0 atom stereocenters. The summed E-state index contributed by atoms with van der Waals surface area (Å²) in [7, 11) is -3.78. The summed E-state index contributed by atoms with van der Waals surface area (Å²) in [6, 6.07) is 15.1. The average molecular weight is 422 g/mol. The third kappa shape index (κ3) is 4.26. The number of carbonyl (C=O) groups excluding carboxylic acids is 2. The molecule has 0 radical (unpaired) electrons. The Hall–Kier alpha value is -3.85. The van der Waals surface area contributed by atoms with Crippen molar-refractivity contribution in [1.82, 2.24) is 10.3 Å². The minimum atomic E-state index is -3.78. The molecule has 0 aliphatic heterocycles. The van der Waals surface area contributed by atoms with Crippen molar-refractivity contribution in [3.05, 3.63) is 89.2 Å². The number of hydrogen-bond acceptors (Lipinski definition) is 6. The van der Waals surface area contributed by atoms with Gasteiger partial charge in [0.15, 0.2) is 0 Å². The third-order valence-corrected chi connectivity index (χ3v) is 6.12. The number of sulfone groups is 1. The minimum absolute atomic E-state index is 0.00749. The number of primary amides is 1. The fourth-order valence-electron chi connectivity index (χ4n) is 2.84. The van der Waals surface area contributed by atoms with Gasteiger partial charge in [0.05, 0.1) is 9.79 Å². The highest BCUT2D eigenvalue weighted by Gasteiger charge is 2.20. The maximum atomic E-state index is 12.8. The number of nitrogens with two attached hydrogens (primary N) is 1. The van der Waals surface area contributed by atoms with E-state index in [2.05, 4.69) is 10.3 Å². The van der Waals surface area contributed by atoms with Crippen molar-refractivity contribution in [2.75, 3.05) is 0 Å². The van der Waals surface area contributed by atoms with Crippen LogP contribution in [0.25, 0.3) is 0 Å². The molecule has 152 valence electrons. The van der Waals surface area contributed by atoms with Gasteiger partial charge in [-0.2, -0.15) is 0 Å². The van der Waals surface area contributed by atoms with E-state index in [1.54, 1.807) is 30.3 Å². The molecule has 2 amide bonds. The van der Waals surface area contributed by atoms with Crippen LogP contribution >= 0.6 is 0 Å². The molecule has 1 heterocycles. The number of rotatable bonds is 7. The molecule has 8 nitrogen and oxygen atoms in total. The number of benzene rings is 2. The Bertz CT molecular complexity index is 1220. The maximum Gasteiger partial charge on any atom is 0.267 e. The molecule has 0 bridgehead atoms. The highest BCUT2D eigenvalue weighted by Crippen LogP contribution is 2.23. The van der Waals surface area contributed by atoms with Crippen LogP contribution in [0.15, 0.2) is 76.7 Å². The fourth-order valence-corrected chi connectivity index (χ4v) is 4.16. The molecule has 0 aliphatic carbocycles. The molecule has 3 rings (SSSR count). The quantitative estimate of drug-likeness (QED) is 0.499. The summed E-state index contributed by atoms with van der Waals surface area (Å²) in [5.41, 5.74) is 6.05. The molecule has 0 saturated carbocycles. The summed E-state index contributed by atoms with van der Waals surface area (Å²) in [6.45, 7) is -0.00749. The van der Waals surface area contributed by atoms with Crippen molar-refractivity contribution in [1.29, 1.82) is 5.41 Å². The molecule has 30 heavy (non-hydrogen) atoms. The van der Waals surface area contributed by atoms with Crippen LogP contribution in [-0.4, -0.2) is 31.4 Å². The van der Waals surface area contributed by atoms with E-state index in [-0.39, 0.29) is 33.2 Å². The lowest BCUT2D eigenvalue weighted by molar-refractivity contribution is 0.0945. The first-order valence-electron chi connectivity index (χ1n) is 8.81. The Balaban J connectivity index is 1.86. The zero-order valence-corrected chi connectivity index (χ0v) is 16.5. The molecular weight excluding hydrogens is 404 g/mol. The molecule has 0 aliphatic rings. The van der Waals surface area contributed by atoms with Crippen LogP contribution in [0, 0.1) is 5.41 Å². The number of nitrogens with zero attached hydrogens (tertiary/aromatic N) is 1. The van der Waals surface area contributed by atoms with Crippen LogP contribution in [0.3, 0.4) is 0 Å². The number of pyridine rings is 1. The van der Waals surface area contributed by atoms with E-state index in [1.165, 1.54) is 36.5 Å². The van der Waals surface area contributed by atoms with Crippen LogP contribution in [0.1, 0.15) is 32.0 Å². The minimum Gasteiger partial charge on any atom is -0.364 e. The van der Waals surface area contributed by atoms with Crippen molar-refractivity contribution < 1.29 is 18.0 Å². The molecule has 0 saturated heterocycles. The van der Waals surface area contributed by atoms with Gasteiger partial charge in [0.25, 0.3) is 11.8 Å². The van der Waals surface area contributed by atoms with Crippen molar-refractivity contribution in [2.24, 2.45) is 5.73 Å². The molecule has 0 unspecified atom stereocenters. The van der Waals surface area contributed by atoms with Gasteiger partial charge in [-0.25, -0.2) is 8.42 Å². The van der Waals surface area contributed by atoms with Gasteiger partial charge in [-0.05, 0) is 36.4 Å². The van der Waals surface area contributed by atoms with Gasteiger partial charge in [0.2, 0.25) is 9.84 Å². The first kappa shape index (κ1) is 20.9. The van der Waals surface area contributed by atoms with Gasteiger partial charge < -0.3 is 16.5 Å². The predicted octanol–water partition coefficient (Wildman–Crippen LogP) is 1.94. The van der Waals surface area contributed by atoms with Gasteiger partial charge in [-0.1, -0.05) is 24.3 Å². The lowest BCUT2D eigenvalue weighted by atomic mass is 10.1. The number of carbonyl (C=O) groups is 2. The monoisotopic (exact) mass is 422 g/mol. The van der Waals surface area contributed by atoms with Gasteiger partial charge >= 0.3 is 0 Å². The second-order valence-corrected chi connectivity index (χ2v) is 8.22. The Labute approximate surface area is 173 Å². The van der Waals surface area contributed by atoms with E-state index in [1.807, 2.05) is 0 Å². The normalized spacial score (nSPS) is 10.9. The molecule has 1 aromatic heterocycles. The first-order chi connectivity index (χ1) is 14.3. The Morgan fingerprint density at radius 3 is 2.43 bits per heavy atom. The SMILES string of the molecule is N=Cc1cc(S(=O)(=O)c2ccccc2)ccc1C(=O)NCc1cccnc1C(N)=O. The summed E-state index contributed by atoms with van der Waals surface area (Å²) in [5, 5.41) is 10.2. The first-order valence-corrected chi connectivity index (χ1v) is 10.3. The van der Waals surface area contributed by atoms with Crippen molar-refractivity contribution >= 4 is 27.9 Å². The van der Waals surface area contributed by atoms with E-state index in [0.717, 1.165) is 6.21 Å². The van der Waals surface area contributed by atoms with Gasteiger partial charge in [0.1, 0.15) is 5.69 Å². The molecule has 0 fully saturated rings. The summed E-state index contributed by atoms with van der Waals surface area (Å²) < 4.78 is 25.5. The van der Waals surface area contributed by atoms with Crippen molar-refractivity contribution in [3.8, 4) is 0 Å². The standard InChI is InChI=1S/C21H18N4O4S/c22-12-15-11-17(30(28,29)16-6-2-1-3-7-16)8-9-18(15)21(27)25-13-14-5-4-10-24-19(14)20(23)26/h1-12,22H,13H2,(H2,23,26)(H,25,27). The zero-order chi connectivity index (χ0) is 21.7. The topological polar surface area (TPSA) is 143 Å². The molecular formula is C21H18N4O4S. The Morgan fingerprint density at radius 1 is 1.03 bits per heavy atom. The van der Waals surface area contributed by atoms with Gasteiger partial charge in [-0.3, -0.25) is 14.6 Å². The third-order valence-electron chi connectivity index (χ3n) is 4.35. The Kier molecular flexibility index (Phi) is 6.03. The maximum absolute atomic E-state index is 12.8. The fraction of sp³-hybridized carbons (Fsp3) is 0.0476. The van der Waals surface area contributed by atoms with Crippen LogP contribution < -0.4 is 11.1 Å². The summed E-state index contributed by atoms with van der Waals surface area (Å²) in [5.74, 6) is -1.24. The number of amides is 2.